The van der Waals surface area contributed by atoms with Gasteiger partial charge in [-0.15, -0.1) is 0 Å². The molecule has 0 unspecified atom stereocenters. The van der Waals surface area contributed by atoms with Crippen molar-refractivity contribution in [2.45, 2.75) is 33.0 Å². The van der Waals surface area contributed by atoms with Crippen molar-refractivity contribution in [3.05, 3.63) is 69.8 Å². The van der Waals surface area contributed by atoms with Gasteiger partial charge in [0.05, 0.1) is 16.1 Å². The molecule has 8 nitrogen and oxygen atoms in total. The van der Waals surface area contributed by atoms with Crippen LogP contribution < -0.4 is 5.32 Å². The average molecular weight is 372 g/mol. The van der Waals surface area contributed by atoms with Gasteiger partial charge in [0.15, 0.2) is 0 Å². The summed E-state index contributed by atoms with van der Waals surface area (Å²) < 4.78 is 10.3. The van der Waals surface area contributed by atoms with Crippen molar-refractivity contribution in [3.63, 3.8) is 0 Å². The molecule has 0 aromatic heterocycles. The van der Waals surface area contributed by atoms with Crippen molar-refractivity contribution in [3.8, 4) is 0 Å². The zero-order valence-corrected chi connectivity index (χ0v) is 15.2. The first-order valence-corrected chi connectivity index (χ1v) is 8.15. The van der Waals surface area contributed by atoms with Crippen molar-refractivity contribution in [1.82, 2.24) is 0 Å². The molecule has 0 radical (unpaired) electrons. The fraction of sp³-hybridized carbons (Fsp3) is 0.263. The second kappa shape index (κ2) is 8.31. The van der Waals surface area contributed by atoms with Crippen LogP contribution in [0.5, 0.6) is 0 Å². The van der Waals surface area contributed by atoms with Gasteiger partial charge in [-0.1, -0.05) is 12.1 Å². The number of para-hydroxylation sites is 1. The summed E-state index contributed by atoms with van der Waals surface area (Å²) in [6, 6.07) is 12.1. The molecular weight excluding hydrogens is 352 g/mol. The minimum atomic E-state index is -0.628. The number of hydrogen-bond acceptors (Lipinski definition) is 6. The van der Waals surface area contributed by atoms with Crippen LogP contribution >= 0.6 is 0 Å². The standard InChI is InChI=1S/C19H20N2O6/c1-19(2,3)27-18(23)20-15-10-8-13(9-11-15)17(22)26-12-14-6-4-5-7-16(14)21(24)25/h4-11H,12H2,1-3H3,(H,20,23). The number of anilines is 1. The van der Waals surface area contributed by atoms with Gasteiger partial charge in [-0.05, 0) is 51.1 Å². The SMILES string of the molecule is CC(C)(C)OC(=O)Nc1ccc(C(=O)OCc2ccccc2[N+](=O)[O-])cc1. The van der Waals surface area contributed by atoms with E-state index in [1.165, 1.54) is 36.4 Å². The van der Waals surface area contributed by atoms with E-state index >= 15 is 0 Å². The number of carbonyl (C=O) groups excluding carboxylic acids is 2. The van der Waals surface area contributed by atoms with Gasteiger partial charge in [0.25, 0.3) is 5.69 Å². The first-order valence-electron chi connectivity index (χ1n) is 8.15. The van der Waals surface area contributed by atoms with Crippen molar-refractivity contribution in [2.24, 2.45) is 0 Å². The molecule has 142 valence electrons. The van der Waals surface area contributed by atoms with E-state index in [2.05, 4.69) is 5.32 Å². The van der Waals surface area contributed by atoms with Crippen LogP contribution in [0.4, 0.5) is 16.2 Å². The summed E-state index contributed by atoms with van der Waals surface area (Å²) in [5.74, 6) is -0.628. The number of amides is 1. The number of carbonyl (C=O) groups is 2. The van der Waals surface area contributed by atoms with E-state index < -0.39 is 22.6 Å². The van der Waals surface area contributed by atoms with Gasteiger partial charge in [-0.25, -0.2) is 9.59 Å². The van der Waals surface area contributed by atoms with E-state index in [9.17, 15) is 19.7 Å². The molecular formula is C19H20N2O6. The van der Waals surface area contributed by atoms with Crippen molar-refractivity contribution < 1.29 is 24.0 Å². The molecule has 2 aromatic rings. The first kappa shape index (κ1) is 19.9. The molecule has 0 bridgehead atoms. The van der Waals surface area contributed by atoms with E-state index in [0.717, 1.165) is 0 Å². The van der Waals surface area contributed by atoms with Gasteiger partial charge in [-0.3, -0.25) is 15.4 Å². The van der Waals surface area contributed by atoms with Crippen LogP contribution in [0.2, 0.25) is 0 Å². The third kappa shape index (κ3) is 6.10. The monoisotopic (exact) mass is 372 g/mol. The Kier molecular flexibility index (Phi) is 6.12. The molecule has 0 saturated heterocycles. The third-order valence-electron chi connectivity index (χ3n) is 3.31. The zero-order valence-electron chi connectivity index (χ0n) is 15.2. The lowest BCUT2D eigenvalue weighted by atomic mass is 10.2. The van der Waals surface area contributed by atoms with E-state index in [4.69, 9.17) is 9.47 Å². The lowest BCUT2D eigenvalue weighted by Crippen LogP contribution is -2.27. The maximum atomic E-state index is 12.1. The number of ether oxygens (including phenoxy) is 2. The van der Waals surface area contributed by atoms with E-state index in [0.29, 0.717) is 11.3 Å². The molecule has 0 aliphatic heterocycles. The van der Waals surface area contributed by atoms with Gasteiger partial charge in [0, 0.05) is 11.8 Å². The number of nitro groups is 1. The summed E-state index contributed by atoms with van der Waals surface area (Å²) in [5, 5.41) is 13.5. The number of nitrogens with one attached hydrogen (secondary N) is 1. The molecule has 8 heteroatoms. The van der Waals surface area contributed by atoms with E-state index in [-0.39, 0.29) is 17.9 Å². The molecule has 1 N–H and O–H groups in total. The zero-order chi connectivity index (χ0) is 20.0. The van der Waals surface area contributed by atoms with Crippen molar-refractivity contribution in [2.75, 3.05) is 5.32 Å². The van der Waals surface area contributed by atoms with Crippen LogP contribution in [0, 0.1) is 10.1 Å². The normalized spacial score (nSPS) is 10.8. The van der Waals surface area contributed by atoms with Crippen molar-refractivity contribution >= 4 is 23.4 Å². The molecule has 0 heterocycles. The maximum Gasteiger partial charge on any atom is 0.412 e. The number of nitro benzene ring substituents is 1. The molecule has 0 atom stereocenters. The van der Waals surface area contributed by atoms with Gasteiger partial charge < -0.3 is 9.47 Å². The number of hydrogen-bond donors (Lipinski definition) is 1. The molecule has 0 saturated carbocycles. The molecule has 2 rings (SSSR count). The van der Waals surface area contributed by atoms with Crippen LogP contribution in [0.1, 0.15) is 36.7 Å². The lowest BCUT2D eigenvalue weighted by molar-refractivity contribution is -0.385. The van der Waals surface area contributed by atoms with Crippen LogP contribution in [-0.4, -0.2) is 22.6 Å². The van der Waals surface area contributed by atoms with Gasteiger partial charge in [0.2, 0.25) is 0 Å². The van der Waals surface area contributed by atoms with Crippen LogP contribution in [0.15, 0.2) is 48.5 Å². The highest BCUT2D eigenvalue weighted by molar-refractivity contribution is 5.91. The van der Waals surface area contributed by atoms with Gasteiger partial charge in [-0.2, -0.15) is 0 Å². The topological polar surface area (TPSA) is 108 Å². The van der Waals surface area contributed by atoms with Crippen LogP contribution in [0.3, 0.4) is 0 Å². The second-order valence-electron chi connectivity index (χ2n) is 6.67. The number of rotatable bonds is 5. The Balaban J connectivity index is 1.96. The van der Waals surface area contributed by atoms with E-state index in [1.54, 1.807) is 32.9 Å². The minimum absolute atomic E-state index is 0.109. The number of benzene rings is 2. The largest absolute Gasteiger partial charge is 0.457 e. The fourth-order valence-electron chi connectivity index (χ4n) is 2.15. The number of esters is 1. The number of nitrogens with zero attached hydrogens (tertiary/aromatic N) is 1. The Hall–Kier alpha value is -3.42. The third-order valence-corrected chi connectivity index (χ3v) is 3.31. The summed E-state index contributed by atoms with van der Waals surface area (Å²) in [5.41, 5.74) is 0.289. The molecule has 2 aromatic carbocycles. The smallest absolute Gasteiger partial charge is 0.412 e. The first-order chi connectivity index (χ1) is 12.7. The molecule has 1 amide bonds. The average Bonchev–Trinajstić information content (AvgIpc) is 2.58. The predicted molar refractivity (Wildman–Crippen MR) is 98.5 cm³/mol. The fourth-order valence-corrected chi connectivity index (χ4v) is 2.15. The Morgan fingerprint density at radius 3 is 2.30 bits per heavy atom. The molecule has 0 spiro atoms. The summed E-state index contributed by atoms with van der Waals surface area (Å²) in [7, 11) is 0. The Bertz CT molecular complexity index is 840. The Morgan fingerprint density at radius 1 is 1.07 bits per heavy atom. The summed E-state index contributed by atoms with van der Waals surface area (Å²) in [6.45, 7) is 5.04. The highest BCUT2D eigenvalue weighted by Crippen LogP contribution is 2.19. The lowest BCUT2D eigenvalue weighted by Gasteiger charge is -2.19. The second-order valence-corrected chi connectivity index (χ2v) is 6.67. The minimum Gasteiger partial charge on any atom is -0.457 e. The Labute approximate surface area is 156 Å². The summed E-state index contributed by atoms with van der Waals surface area (Å²) in [6.07, 6.45) is -0.603. The molecule has 0 aliphatic carbocycles. The highest BCUT2D eigenvalue weighted by atomic mass is 16.6. The van der Waals surface area contributed by atoms with Gasteiger partial charge in [0.1, 0.15) is 12.2 Å². The van der Waals surface area contributed by atoms with Gasteiger partial charge >= 0.3 is 12.1 Å². The summed E-state index contributed by atoms with van der Waals surface area (Å²) >= 11 is 0. The van der Waals surface area contributed by atoms with Crippen LogP contribution in [-0.2, 0) is 16.1 Å². The quantitative estimate of drug-likeness (QED) is 0.476. The molecule has 0 fully saturated rings. The molecule has 0 aliphatic rings. The maximum absolute atomic E-state index is 12.1. The van der Waals surface area contributed by atoms with Crippen LogP contribution in [0.25, 0.3) is 0 Å². The predicted octanol–water partition coefficient (Wildman–Crippen LogP) is 4.30. The van der Waals surface area contributed by atoms with Crippen molar-refractivity contribution in [1.29, 1.82) is 0 Å². The van der Waals surface area contributed by atoms with E-state index in [1.807, 2.05) is 0 Å². The highest BCUT2D eigenvalue weighted by Gasteiger charge is 2.17. The molecule has 27 heavy (non-hydrogen) atoms. The summed E-state index contributed by atoms with van der Waals surface area (Å²) in [4.78, 5) is 34.3. The Morgan fingerprint density at radius 2 is 1.70 bits per heavy atom.